The first-order valence-corrected chi connectivity index (χ1v) is 10.9. The van der Waals surface area contributed by atoms with E-state index in [1.165, 1.54) is 0 Å². The summed E-state index contributed by atoms with van der Waals surface area (Å²) < 4.78 is 6.27. The molecule has 1 N–H and O–H groups in total. The molecule has 2 fully saturated rings. The zero-order chi connectivity index (χ0) is 17.6. The number of ether oxygens (including phenoxy) is 1. The number of carbonyl (C=O) groups excluding carboxylic acids is 1. The molecular weight excluding hydrogens is 404 g/mol. The van der Waals surface area contributed by atoms with E-state index in [-0.39, 0.29) is 5.91 Å². The Morgan fingerprint density at radius 3 is 2.76 bits per heavy atom. The monoisotopic (exact) mass is 428 g/mol. The van der Waals surface area contributed by atoms with Gasteiger partial charge in [-0.1, -0.05) is 11.8 Å². The summed E-state index contributed by atoms with van der Waals surface area (Å²) in [5, 5.41) is 3.96. The molecule has 0 unspecified atom stereocenters. The first-order chi connectivity index (χ1) is 12.2. The average molecular weight is 429 g/mol. The number of thioether (sulfide) groups is 1. The summed E-state index contributed by atoms with van der Waals surface area (Å²) in [5.41, 5.74) is 0. The molecule has 2 aliphatic rings. The van der Waals surface area contributed by atoms with Crippen molar-refractivity contribution in [3.63, 3.8) is 0 Å². The lowest BCUT2D eigenvalue weighted by atomic mass is 9.93. The number of amides is 1. The van der Waals surface area contributed by atoms with Crippen LogP contribution < -0.4 is 10.2 Å². The minimum absolute atomic E-state index is 0.193. The molecule has 2 saturated heterocycles. The summed E-state index contributed by atoms with van der Waals surface area (Å²) in [6, 6.07) is 0.295. The van der Waals surface area contributed by atoms with Crippen molar-refractivity contribution in [2.24, 2.45) is 5.92 Å². The molecule has 0 aromatic carbocycles. The van der Waals surface area contributed by atoms with Gasteiger partial charge in [-0.3, -0.25) is 4.79 Å². The number of piperidine rings is 1. The molecule has 0 atom stereocenters. The largest absolute Gasteiger partial charge is 0.381 e. The molecule has 0 radical (unpaired) electrons. The second-order valence-electron chi connectivity index (χ2n) is 6.62. The maximum absolute atomic E-state index is 12.3. The Labute approximate surface area is 161 Å². The van der Waals surface area contributed by atoms with E-state index in [1.807, 2.05) is 12.5 Å². The number of hydrogen-bond donors (Lipinski definition) is 1. The van der Waals surface area contributed by atoms with Crippen molar-refractivity contribution in [1.82, 2.24) is 15.3 Å². The van der Waals surface area contributed by atoms with Gasteiger partial charge in [0, 0.05) is 45.0 Å². The Balaban J connectivity index is 1.47. The van der Waals surface area contributed by atoms with Gasteiger partial charge < -0.3 is 15.0 Å². The Morgan fingerprint density at radius 2 is 2.08 bits per heavy atom. The molecule has 1 aromatic heterocycles. The maximum atomic E-state index is 12.3. The number of nitrogens with zero attached hydrogens (tertiary/aromatic N) is 3. The zero-order valence-corrected chi connectivity index (χ0v) is 16.9. The van der Waals surface area contributed by atoms with E-state index in [1.54, 1.807) is 11.8 Å². The van der Waals surface area contributed by atoms with E-state index in [2.05, 4.69) is 36.1 Å². The van der Waals surface area contributed by atoms with E-state index in [0.717, 1.165) is 67.4 Å². The highest BCUT2D eigenvalue weighted by Crippen LogP contribution is 2.30. The van der Waals surface area contributed by atoms with E-state index in [0.29, 0.717) is 18.4 Å². The number of anilines is 1. The van der Waals surface area contributed by atoms with Gasteiger partial charge in [0.15, 0.2) is 5.16 Å². The fourth-order valence-corrected chi connectivity index (χ4v) is 4.18. The standard InChI is InChI=1S/C17H25BrN4O2S/c1-25-17-19-11-14(18)16(21-17)22-6-2-12(3-7-22)10-15(23)20-13-4-8-24-9-5-13/h11-13H,2-10H2,1H3,(H,20,23). The van der Waals surface area contributed by atoms with Crippen LogP contribution in [0.25, 0.3) is 0 Å². The fourth-order valence-electron chi connectivity index (χ4n) is 3.40. The number of rotatable bonds is 5. The third kappa shape index (κ3) is 5.31. The molecule has 25 heavy (non-hydrogen) atoms. The van der Waals surface area contributed by atoms with E-state index in [9.17, 15) is 4.79 Å². The smallest absolute Gasteiger partial charge is 0.220 e. The van der Waals surface area contributed by atoms with Gasteiger partial charge >= 0.3 is 0 Å². The predicted octanol–water partition coefficient (Wildman–Crippen LogP) is 2.86. The fraction of sp³-hybridized carbons (Fsp3) is 0.706. The van der Waals surface area contributed by atoms with E-state index in [4.69, 9.17) is 4.74 Å². The van der Waals surface area contributed by atoms with Crippen molar-refractivity contribution in [2.45, 2.75) is 43.3 Å². The zero-order valence-electron chi connectivity index (χ0n) is 14.5. The Kier molecular flexibility index (Phi) is 6.95. The first-order valence-electron chi connectivity index (χ1n) is 8.84. The lowest BCUT2D eigenvalue weighted by Gasteiger charge is -2.33. The molecule has 0 bridgehead atoms. The molecule has 1 amide bonds. The van der Waals surface area contributed by atoms with Gasteiger partial charge in [0.05, 0.1) is 4.47 Å². The molecule has 0 spiro atoms. The summed E-state index contributed by atoms with van der Waals surface area (Å²) >= 11 is 5.11. The van der Waals surface area contributed by atoms with E-state index >= 15 is 0 Å². The van der Waals surface area contributed by atoms with Gasteiger partial charge in [0.25, 0.3) is 0 Å². The second-order valence-corrected chi connectivity index (χ2v) is 8.24. The summed E-state index contributed by atoms with van der Waals surface area (Å²) in [5.74, 6) is 1.61. The second kappa shape index (κ2) is 9.19. The van der Waals surface area contributed by atoms with Crippen LogP contribution in [0.4, 0.5) is 5.82 Å². The van der Waals surface area contributed by atoms with Crippen molar-refractivity contribution in [2.75, 3.05) is 37.5 Å². The number of carbonyl (C=O) groups is 1. The van der Waals surface area contributed by atoms with Crippen LogP contribution in [0.5, 0.6) is 0 Å². The van der Waals surface area contributed by atoms with Crippen molar-refractivity contribution < 1.29 is 9.53 Å². The SMILES string of the molecule is CSc1ncc(Br)c(N2CCC(CC(=O)NC3CCOCC3)CC2)n1. The molecule has 8 heteroatoms. The molecule has 3 heterocycles. The lowest BCUT2D eigenvalue weighted by Crippen LogP contribution is -2.41. The van der Waals surface area contributed by atoms with Crippen LogP contribution in [-0.4, -0.2) is 54.5 Å². The Morgan fingerprint density at radius 1 is 1.36 bits per heavy atom. The third-order valence-electron chi connectivity index (χ3n) is 4.86. The number of nitrogens with one attached hydrogen (secondary N) is 1. The van der Waals surface area contributed by atoms with Crippen molar-refractivity contribution in [1.29, 1.82) is 0 Å². The number of aromatic nitrogens is 2. The molecular formula is C17H25BrN4O2S. The maximum Gasteiger partial charge on any atom is 0.220 e. The van der Waals surface area contributed by atoms with Crippen LogP contribution in [0.2, 0.25) is 0 Å². The van der Waals surface area contributed by atoms with Crippen LogP contribution in [0.3, 0.4) is 0 Å². The number of halogens is 1. The quantitative estimate of drug-likeness (QED) is 0.574. The third-order valence-corrected chi connectivity index (χ3v) is 5.98. The predicted molar refractivity (Wildman–Crippen MR) is 103 cm³/mol. The minimum Gasteiger partial charge on any atom is -0.381 e. The number of hydrogen-bond acceptors (Lipinski definition) is 6. The van der Waals surface area contributed by atoms with Crippen molar-refractivity contribution in [3.05, 3.63) is 10.7 Å². The van der Waals surface area contributed by atoms with Gasteiger partial charge in [-0.2, -0.15) is 0 Å². The van der Waals surface area contributed by atoms with Crippen LogP contribution in [-0.2, 0) is 9.53 Å². The van der Waals surface area contributed by atoms with Crippen LogP contribution in [0, 0.1) is 5.92 Å². The average Bonchev–Trinajstić information content (AvgIpc) is 2.64. The summed E-state index contributed by atoms with van der Waals surface area (Å²) in [4.78, 5) is 23.5. The van der Waals surface area contributed by atoms with Crippen LogP contribution in [0.15, 0.2) is 15.8 Å². The van der Waals surface area contributed by atoms with Gasteiger partial charge in [-0.25, -0.2) is 9.97 Å². The molecule has 6 nitrogen and oxygen atoms in total. The molecule has 2 aliphatic heterocycles. The van der Waals surface area contributed by atoms with Crippen molar-refractivity contribution >= 4 is 39.4 Å². The highest BCUT2D eigenvalue weighted by atomic mass is 79.9. The first kappa shape index (κ1) is 18.9. The lowest BCUT2D eigenvalue weighted by molar-refractivity contribution is -0.123. The summed E-state index contributed by atoms with van der Waals surface area (Å²) in [6.07, 6.45) is 8.34. The molecule has 0 saturated carbocycles. The van der Waals surface area contributed by atoms with Gasteiger partial charge in [-0.05, 0) is 53.8 Å². The van der Waals surface area contributed by atoms with Gasteiger partial charge in [-0.15, -0.1) is 0 Å². The van der Waals surface area contributed by atoms with Gasteiger partial charge in [0.1, 0.15) is 5.82 Å². The van der Waals surface area contributed by atoms with Crippen LogP contribution >= 0.6 is 27.7 Å². The van der Waals surface area contributed by atoms with E-state index < -0.39 is 0 Å². The Hall–Kier alpha value is -0.860. The summed E-state index contributed by atoms with van der Waals surface area (Å²) in [7, 11) is 0. The van der Waals surface area contributed by atoms with Gasteiger partial charge in [0.2, 0.25) is 5.91 Å². The molecule has 0 aliphatic carbocycles. The molecule has 1 aromatic rings. The summed E-state index contributed by atoms with van der Waals surface area (Å²) in [6.45, 7) is 3.38. The highest BCUT2D eigenvalue weighted by Gasteiger charge is 2.25. The minimum atomic E-state index is 0.193. The topological polar surface area (TPSA) is 67.4 Å². The van der Waals surface area contributed by atoms with Crippen LogP contribution in [0.1, 0.15) is 32.1 Å². The normalized spacial score (nSPS) is 19.8. The highest BCUT2D eigenvalue weighted by molar-refractivity contribution is 9.10. The Bertz CT molecular complexity index is 590. The van der Waals surface area contributed by atoms with Crippen molar-refractivity contribution in [3.8, 4) is 0 Å². The molecule has 3 rings (SSSR count). The molecule has 138 valence electrons.